The van der Waals surface area contributed by atoms with E-state index in [0.717, 1.165) is 16.8 Å². The lowest BCUT2D eigenvalue weighted by Crippen LogP contribution is -2.40. The monoisotopic (exact) mass is 283 g/mol. The number of hydrogen-bond donors (Lipinski definition) is 1. The second-order valence-electron chi connectivity index (χ2n) is 5.12. The van der Waals surface area contributed by atoms with Gasteiger partial charge in [0.15, 0.2) is 11.5 Å². The van der Waals surface area contributed by atoms with Crippen LogP contribution in [0.25, 0.3) is 0 Å². The minimum atomic E-state index is -0.640. The highest BCUT2D eigenvalue weighted by Crippen LogP contribution is 2.31. The Hall–Kier alpha value is -2.49. The molecule has 2 aromatic rings. The normalized spacial score (nSPS) is 16.4. The van der Waals surface area contributed by atoms with E-state index in [4.69, 9.17) is 9.47 Å². The molecule has 0 saturated carbocycles. The molecule has 0 spiro atoms. The molecule has 3 rings (SSSR count). The molecular weight excluding hydrogens is 266 g/mol. The number of amides is 1. The van der Waals surface area contributed by atoms with Gasteiger partial charge < -0.3 is 14.8 Å². The van der Waals surface area contributed by atoms with Gasteiger partial charge in [-0.25, -0.2) is 0 Å². The van der Waals surface area contributed by atoms with Crippen LogP contribution in [0.4, 0.5) is 5.69 Å². The highest BCUT2D eigenvalue weighted by Gasteiger charge is 2.27. The summed E-state index contributed by atoms with van der Waals surface area (Å²) in [6.45, 7) is 4.15. The van der Waals surface area contributed by atoms with Crippen LogP contribution >= 0.6 is 0 Å². The molecule has 1 atom stereocenters. The van der Waals surface area contributed by atoms with Crippen molar-refractivity contribution in [2.75, 3.05) is 11.9 Å². The minimum Gasteiger partial charge on any atom is -0.485 e. The van der Waals surface area contributed by atoms with Crippen LogP contribution in [-0.2, 0) is 4.79 Å². The molecule has 0 radical (unpaired) electrons. The Morgan fingerprint density at radius 1 is 1.05 bits per heavy atom. The zero-order valence-corrected chi connectivity index (χ0v) is 12.1. The van der Waals surface area contributed by atoms with Gasteiger partial charge >= 0.3 is 0 Å². The summed E-state index contributed by atoms with van der Waals surface area (Å²) in [7, 11) is 0. The third-order valence-corrected chi connectivity index (χ3v) is 3.53. The van der Waals surface area contributed by atoms with E-state index in [-0.39, 0.29) is 12.5 Å². The average molecular weight is 283 g/mol. The Morgan fingerprint density at radius 3 is 2.43 bits per heavy atom. The zero-order chi connectivity index (χ0) is 14.8. The number of rotatable bonds is 2. The van der Waals surface area contributed by atoms with Crippen LogP contribution in [0, 0.1) is 13.8 Å². The van der Waals surface area contributed by atoms with Crippen LogP contribution < -0.4 is 14.8 Å². The molecule has 0 fully saturated rings. The highest BCUT2D eigenvalue weighted by atomic mass is 16.6. The molecule has 0 aromatic heterocycles. The number of carbonyl (C=O) groups excluding carboxylic acids is 1. The molecule has 1 N–H and O–H groups in total. The maximum absolute atomic E-state index is 12.4. The highest BCUT2D eigenvalue weighted by molar-refractivity contribution is 5.96. The van der Waals surface area contributed by atoms with E-state index in [0.29, 0.717) is 11.5 Å². The second kappa shape index (κ2) is 5.48. The predicted molar refractivity (Wildman–Crippen MR) is 80.9 cm³/mol. The first-order valence-electron chi connectivity index (χ1n) is 6.91. The second-order valence-corrected chi connectivity index (χ2v) is 5.12. The first-order valence-corrected chi connectivity index (χ1v) is 6.91. The average Bonchev–Trinajstić information content (AvgIpc) is 2.50. The Balaban J connectivity index is 1.76. The van der Waals surface area contributed by atoms with Crippen molar-refractivity contribution in [3.05, 3.63) is 53.6 Å². The lowest BCUT2D eigenvalue weighted by atomic mass is 10.1. The van der Waals surface area contributed by atoms with Crippen molar-refractivity contribution in [1.29, 1.82) is 0 Å². The number of benzene rings is 2. The van der Waals surface area contributed by atoms with Gasteiger partial charge in [-0.05, 0) is 37.1 Å². The number of hydrogen-bond acceptors (Lipinski definition) is 3. The lowest BCUT2D eigenvalue weighted by Gasteiger charge is -2.26. The lowest BCUT2D eigenvalue weighted by molar-refractivity contribution is -0.125. The summed E-state index contributed by atoms with van der Waals surface area (Å²) >= 11 is 0. The van der Waals surface area contributed by atoms with Crippen LogP contribution in [0.15, 0.2) is 42.5 Å². The van der Waals surface area contributed by atoms with Gasteiger partial charge in [-0.2, -0.15) is 0 Å². The summed E-state index contributed by atoms with van der Waals surface area (Å²) in [5, 5.41) is 2.94. The number of carbonyl (C=O) groups is 1. The van der Waals surface area contributed by atoms with Crippen LogP contribution in [0.5, 0.6) is 11.5 Å². The first-order chi connectivity index (χ1) is 10.1. The van der Waals surface area contributed by atoms with Crippen LogP contribution in [0.3, 0.4) is 0 Å². The first kappa shape index (κ1) is 13.5. The molecule has 2 aromatic carbocycles. The van der Waals surface area contributed by atoms with Crippen molar-refractivity contribution in [3.8, 4) is 11.5 Å². The summed E-state index contributed by atoms with van der Waals surface area (Å²) in [5.41, 5.74) is 2.89. The van der Waals surface area contributed by atoms with Crippen molar-refractivity contribution in [2.24, 2.45) is 0 Å². The predicted octanol–water partition coefficient (Wildman–Crippen LogP) is 3.08. The van der Waals surface area contributed by atoms with Gasteiger partial charge in [-0.1, -0.05) is 30.3 Å². The Morgan fingerprint density at radius 2 is 1.71 bits per heavy atom. The number of anilines is 1. The van der Waals surface area contributed by atoms with E-state index < -0.39 is 6.10 Å². The van der Waals surface area contributed by atoms with Gasteiger partial charge in [-0.15, -0.1) is 0 Å². The molecule has 4 heteroatoms. The molecule has 1 unspecified atom stereocenters. The topological polar surface area (TPSA) is 47.6 Å². The number of ether oxygens (including phenoxy) is 2. The van der Waals surface area contributed by atoms with E-state index >= 15 is 0 Å². The van der Waals surface area contributed by atoms with Gasteiger partial charge in [0.25, 0.3) is 5.91 Å². The van der Waals surface area contributed by atoms with Crippen molar-refractivity contribution >= 4 is 11.6 Å². The number of para-hydroxylation sites is 3. The molecule has 4 nitrogen and oxygen atoms in total. The summed E-state index contributed by atoms with van der Waals surface area (Å²) in [6.07, 6.45) is -0.640. The third-order valence-electron chi connectivity index (χ3n) is 3.53. The van der Waals surface area contributed by atoms with Crippen molar-refractivity contribution < 1.29 is 14.3 Å². The molecule has 1 amide bonds. The molecule has 1 heterocycles. The molecule has 1 aliphatic heterocycles. The largest absolute Gasteiger partial charge is 0.485 e. The van der Waals surface area contributed by atoms with E-state index in [1.165, 1.54) is 0 Å². The molecule has 0 saturated heterocycles. The van der Waals surface area contributed by atoms with E-state index in [9.17, 15) is 4.79 Å². The summed E-state index contributed by atoms with van der Waals surface area (Å²) in [5.74, 6) is 1.08. The van der Waals surface area contributed by atoms with E-state index in [2.05, 4.69) is 5.32 Å². The maximum Gasteiger partial charge on any atom is 0.269 e. The van der Waals surface area contributed by atoms with Crippen molar-refractivity contribution in [1.82, 2.24) is 0 Å². The quantitative estimate of drug-likeness (QED) is 0.921. The van der Waals surface area contributed by atoms with Crippen LogP contribution in [0.1, 0.15) is 11.1 Å². The van der Waals surface area contributed by atoms with Gasteiger partial charge in [0.2, 0.25) is 6.10 Å². The summed E-state index contributed by atoms with van der Waals surface area (Å²) in [4.78, 5) is 12.4. The van der Waals surface area contributed by atoms with Gasteiger partial charge in [0, 0.05) is 5.69 Å². The molecule has 21 heavy (non-hydrogen) atoms. The Labute approximate surface area is 123 Å². The number of nitrogens with one attached hydrogen (secondary N) is 1. The smallest absolute Gasteiger partial charge is 0.269 e. The van der Waals surface area contributed by atoms with E-state index in [1.807, 2.05) is 50.2 Å². The van der Waals surface area contributed by atoms with Gasteiger partial charge in [0.1, 0.15) is 6.61 Å². The Bertz CT molecular complexity index is 661. The number of aryl methyl sites for hydroxylation is 2. The van der Waals surface area contributed by atoms with Gasteiger partial charge in [-0.3, -0.25) is 4.79 Å². The number of fused-ring (bicyclic) bond motifs is 1. The fourth-order valence-electron chi connectivity index (χ4n) is 2.36. The fourth-order valence-corrected chi connectivity index (χ4v) is 2.36. The summed E-state index contributed by atoms with van der Waals surface area (Å²) < 4.78 is 11.3. The molecule has 1 aliphatic rings. The Kier molecular flexibility index (Phi) is 3.52. The molecule has 0 bridgehead atoms. The maximum atomic E-state index is 12.4. The molecule has 108 valence electrons. The summed E-state index contributed by atoms with van der Waals surface area (Å²) in [6, 6.07) is 13.3. The minimum absolute atomic E-state index is 0.193. The zero-order valence-electron chi connectivity index (χ0n) is 12.1. The standard InChI is InChI=1S/C17H17NO3/c1-11-6-5-7-12(2)16(11)18-17(19)15-10-20-13-8-3-4-9-14(13)21-15/h3-9,15H,10H2,1-2H3,(H,18,19). The van der Waals surface area contributed by atoms with E-state index in [1.54, 1.807) is 6.07 Å². The molecular formula is C17H17NO3. The SMILES string of the molecule is Cc1cccc(C)c1NC(=O)C1COc2ccccc2O1. The van der Waals surface area contributed by atoms with Crippen LogP contribution in [-0.4, -0.2) is 18.6 Å². The fraction of sp³-hybridized carbons (Fsp3) is 0.235. The third kappa shape index (κ3) is 2.70. The van der Waals surface area contributed by atoms with Crippen LogP contribution in [0.2, 0.25) is 0 Å². The molecule has 0 aliphatic carbocycles. The van der Waals surface area contributed by atoms with Crippen molar-refractivity contribution in [3.63, 3.8) is 0 Å². The van der Waals surface area contributed by atoms with Crippen molar-refractivity contribution in [2.45, 2.75) is 20.0 Å². The van der Waals surface area contributed by atoms with Gasteiger partial charge in [0.05, 0.1) is 0 Å².